The van der Waals surface area contributed by atoms with Crippen molar-refractivity contribution in [3.63, 3.8) is 0 Å². The van der Waals surface area contributed by atoms with Gasteiger partial charge in [-0.2, -0.15) is 0 Å². The Kier molecular flexibility index (Phi) is 9.33. The Labute approximate surface area is 186 Å². The van der Waals surface area contributed by atoms with E-state index in [2.05, 4.69) is 21.6 Å². The fraction of sp³-hybridized carbons (Fsp3) is 0.435. The van der Waals surface area contributed by atoms with E-state index in [1.165, 1.54) is 6.26 Å². The van der Waals surface area contributed by atoms with Gasteiger partial charge in [-0.15, -0.1) is 0 Å². The number of likely N-dealkylation sites (N-methyl/N-ethyl adjacent to an activating group) is 1. The first-order valence-corrected chi connectivity index (χ1v) is 12.3. The van der Waals surface area contributed by atoms with Gasteiger partial charge in [0.25, 0.3) is 0 Å². The van der Waals surface area contributed by atoms with Crippen LogP contribution in [0.15, 0.2) is 58.4 Å². The van der Waals surface area contributed by atoms with Gasteiger partial charge < -0.3 is 20.3 Å². The molecule has 170 valence electrons. The quantitative estimate of drug-likeness (QED) is 0.431. The fourth-order valence-corrected chi connectivity index (χ4v) is 3.86. The van der Waals surface area contributed by atoms with E-state index < -0.39 is 9.84 Å². The molecule has 0 aliphatic carbocycles. The number of benzene rings is 2. The van der Waals surface area contributed by atoms with Gasteiger partial charge in [-0.05, 0) is 51.2 Å². The highest BCUT2D eigenvalue weighted by atomic mass is 32.2. The van der Waals surface area contributed by atoms with E-state index in [1.54, 1.807) is 19.2 Å². The Morgan fingerprint density at radius 2 is 1.77 bits per heavy atom. The molecule has 0 fully saturated rings. The van der Waals surface area contributed by atoms with Gasteiger partial charge in [0.15, 0.2) is 15.8 Å². The van der Waals surface area contributed by atoms with E-state index in [9.17, 15) is 8.42 Å². The molecule has 31 heavy (non-hydrogen) atoms. The third kappa shape index (κ3) is 7.56. The van der Waals surface area contributed by atoms with E-state index >= 15 is 0 Å². The van der Waals surface area contributed by atoms with Crippen LogP contribution in [0.4, 0.5) is 0 Å². The lowest BCUT2D eigenvalue weighted by Crippen LogP contribution is -2.39. The van der Waals surface area contributed by atoms with Crippen LogP contribution in [-0.4, -0.2) is 66.4 Å². The molecule has 0 aliphatic rings. The lowest BCUT2D eigenvalue weighted by atomic mass is 10.0. The normalized spacial score (nSPS) is 13.2. The van der Waals surface area contributed by atoms with Crippen LogP contribution < -0.4 is 15.4 Å². The molecule has 0 aromatic heterocycles. The Bertz CT molecular complexity index is 957. The molecule has 0 saturated heterocycles. The SMILES string of the molecule is CCNC(=NCC(c1ccccc1OC)N(C)C)NCCc1ccc(S(C)(=O)=O)cc1. The molecule has 2 N–H and O–H groups in total. The Morgan fingerprint density at radius 3 is 2.35 bits per heavy atom. The average molecular weight is 447 g/mol. The van der Waals surface area contributed by atoms with Crippen molar-refractivity contribution in [2.75, 3.05) is 47.1 Å². The number of rotatable bonds is 10. The van der Waals surface area contributed by atoms with Crippen molar-refractivity contribution in [1.82, 2.24) is 15.5 Å². The molecule has 0 radical (unpaired) electrons. The molecular weight excluding hydrogens is 412 g/mol. The molecule has 0 spiro atoms. The maximum absolute atomic E-state index is 11.6. The first kappa shape index (κ1) is 24.7. The van der Waals surface area contributed by atoms with Crippen molar-refractivity contribution in [2.45, 2.75) is 24.3 Å². The summed E-state index contributed by atoms with van der Waals surface area (Å²) >= 11 is 0. The van der Waals surface area contributed by atoms with E-state index in [0.29, 0.717) is 18.0 Å². The largest absolute Gasteiger partial charge is 0.496 e. The van der Waals surface area contributed by atoms with E-state index in [1.807, 2.05) is 51.4 Å². The zero-order chi connectivity index (χ0) is 22.9. The van der Waals surface area contributed by atoms with Crippen LogP contribution >= 0.6 is 0 Å². The molecule has 2 aromatic carbocycles. The Hall–Kier alpha value is -2.58. The third-order valence-electron chi connectivity index (χ3n) is 4.95. The number of ether oxygens (including phenoxy) is 1. The highest BCUT2D eigenvalue weighted by molar-refractivity contribution is 7.90. The lowest BCUT2D eigenvalue weighted by Gasteiger charge is -2.25. The predicted octanol–water partition coefficient (Wildman–Crippen LogP) is 2.50. The molecule has 1 atom stereocenters. The summed E-state index contributed by atoms with van der Waals surface area (Å²) in [7, 11) is 2.58. The van der Waals surface area contributed by atoms with Crippen LogP contribution in [0.3, 0.4) is 0 Å². The number of hydrogen-bond donors (Lipinski definition) is 2. The number of sulfone groups is 1. The second-order valence-electron chi connectivity index (χ2n) is 7.53. The summed E-state index contributed by atoms with van der Waals surface area (Å²) in [5.41, 5.74) is 2.16. The number of guanidine groups is 1. The van der Waals surface area contributed by atoms with Crippen LogP contribution in [0.5, 0.6) is 5.75 Å². The van der Waals surface area contributed by atoms with Crippen LogP contribution in [0, 0.1) is 0 Å². The van der Waals surface area contributed by atoms with Crippen LogP contribution in [0.2, 0.25) is 0 Å². The van der Waals surface area contributed by atoms with Gasteiger partial charge in [0.1, 0.15) is 5.75 Å². The zero-order valence-electron chi connectivity index (χ0n) is 19.1. The molecule has 7 nitrogen and oxygen atoms in total. The summed E-state index contributed by atoms with van der Waals surface area (Å²) < 4.78 is 28.7. The highest BCUT2D eigenvalue weighted by Crippen LogP contribution is 2.28. The smallest absolute Gasteiger partial charge is 0.191 e. The fourth-order valence-electron chi connectivity index (χ4n) is 3.23. The summed E-state index contributed by atoms with van der Waals surface area (Å²) in [4.78, 5) is 7.25. The van der Waals surface area contributed by atoms with Crippen molar-refractivity contribution in [1.29, 1.82) is 0 Å². The van der Waals surface area contributed by atoms with Gasteiger partial charge in [0.05, 0.1) is 24.6 Å². The Balaban J connectivity index is 2.03. The van der Waals surface area contributed by atoms with Crippen molar-refractivity contribution in [3.8, 4) is 5.75 Å². The number of nitrogens with zero attached hydrogens (tertiary/aromatic N) is 2. The maximum Gasteiger partial charge on any atom is 0.191 e. The molecule has 2 rings (SSSR count). The molecule has 1 unspecified atom stereocenters. The predicted molar refractivity (Wildman–Crippen MR) is 127 cm³/mol. The summed E-state index contributed by atoms with van der Waals surface area (Å²) in [5, 5.41) is 6.64. The molecule has 0 aliphatic heterocycles. The van der Waals surface area contributed by atoms with Gasteiger partial charge in [-0.1, -0.05) is 30.3 Å². The minimum Gasteiger partial charge on any atom is -0.496 e. The average Bonchev–Trinajstić information content (AvgIpc) is 2.73. The number of para-hydroxylation sites is 1. The monoisotopic (exact) mass is 446 g/mol. The minimum atomic E-state index is -3.17. The first-order valence-electron chi connectivity index (χ1n) is 10.4. The molecule has 8 heteroatoms. The lowest BCUT2D eigenvalue weighted by molar-refractivity contribution is 0.295. The van der Waals surface area contributed by atoms with Crippen molar-refractivity contribution in [2.24, 2.45) is 4.99 Å². The minimum absolute atomic E-state index is 0.0788. The highest BCUT2D eigenvalue weighted by Gasteiger charge is 2.18. The van der Waals surface area contributed by atoms with Gasteiger partial charge in [0, 0.05) is 24.9 Å². The van der Waals surface area contributed by atoms with Crippen molar-refractivity contribution in [3.05, 3.63) is 59.7 Å². The van der Waals surface area contributed by atoms with Gasteiger partial charge in [-0.25, -0.2) is 8.42 Å². The molecule has 2 aromatic rings. The second kappa shape index (κ2) is 11.7. The molecular formula is C23H34N4O3S. The number of aliphatic imine (C=N–C) groups is 1. The van der Waals surface area contributed by atoms with Crippen LogP contribution in [0.25, 0.3) is 0 Å². The number of nitrogens with one attached hydrogen (secondary N) is 2. The summed E-state index contributed by atoms with van der Waals surface area (Å²) in [6.07, 6.45) is 1.98. The number of methoxy groups -OCH3 is 1. The Morgan fingerprint density at radius 1 is 1.10 bits per heavy atom. The summed E-state index contributed by atoms with van der Waals surface area (Å²) in [6.45, 7) is 4.05. The molecule has 0 amide bonds. The van der Waals surface area contributed by atoms with Gasteiger partial charge in [-0.3, -0.25) is 4.99 Å². The van der Waals surface area contributed by atoms with Gasteiger partial charge in [0.2, 0.25) is 0 Å². The summed E-state index contributed by atoms with van der Waals surface area (Å²) in [5.74, 6) is 1.60. The van der Waals surface area contributed by atoms with E-state index in [0.717, 1.165) is 35.8 Å². The second-order valence-corrected chi connectivity index (χ2v) is 9.55. The van der Waals surface area contributed by atoms with Crippen LogP contribution in [0.1, 0.15) is 24.1 Å². The standard InChI is InChI=1S/C23H34N4O3S/c1-6-24-23(25-16-15-18-11-13-19(14-12-18)31(5,28)29)26-17-21(27(2)3)20-9-7-8-10-22(20)30-4/h7-14,21H,6,15-17H2,1-5H3,(H2,24,25,26). The van der Waals surface area contributed by atoms with Gasteiger partial charge >= 0.3 is 0 Å². The van der Waals surface area contributed by atoms with Crippen molar-refractivity contribution < 1.29 is 13.2 Å². The molecule has 0 bridgehead atoms. The van der Waals surface area contributed by atoms with E-state index in [4.69, 9.17) is 9.73 Å². The molecule has 0 heterocycles. The molecule has 0 saturated carbocycles. The first-order chi connectivity index (χ1) is 14.8. The summed E-state index contributed by atoms with van der Waals surface area (Å²) in [6, 6.07) is 15.1. The zero-order valence-corrected chi connectivity index (χ0v) is 19.9. The van der Waals surface area contributed by atoms with Crippen LogP contribution in [-0.2, 0) is 16.3 Å². The van der Waals surface area contributed by atoms with Crippen molar-refractivity contribution >= 4 is 15.8 Å². The third-order valence-corrected chi connectivity index (χ3v) is 6.07. The number of hydrogen-bond acceptors (Lipinski definition) is 5. The van der Waals surface area contributed by atoms with E-state index in [-0.39, 0.29) is 6.04 Å². The topological polar surface area (TPSA) is 83.0 Å². The maximum atomic E-state index is 11.6.